The Labute approximate surface area is 265 Å². The standard InChI is InChI=1S/C33H39Cl2N3O4S/c1-4-30(33(40)36-25-12-6-5-7-13-25)37(21-27-28(34)14-10-15-29(27)35)32(39)22-38(31-16-9-8-11-24(31)3)43(41,42)26-19-17-23(2)18-20-26/h8-11,14-20,25,30H,4-7,12-13,21-22H2,1-3H3,(H,36,40)/t30-/m1/s1. The molecular formula is C33H39Cl2N3O4S. The second kappa shape index (κ2) is 14.6. The summed E-state index contributed by atoms with van der Waals surface area (Å²) in [6.45, 7) is 4.93. The van der Waals surface area contributed by atoms with E-state index in [4.69, 9.17) is 23.2 Å². The SMILES string of the molecule is CC[C@H](C(=O)NC1CCCCC1)N(Cc1c(Cl)cccc1Cl)C(=O)CN(c1ccccc1C)S(=O)(=O)c1ccc(C)cc1. The van der Waals surface area contributed by atoms with Crippen molar-refractivity contribution in [3.8, 4) is 0 Å². The van der Waals surface area contributed by atoms with E-state index in [-0.39, 0.29) is 23.4 Å². The molecule has 7 nitrogen and oxygen atoms in total. The van der Waals surface area contributed by atoms with Gasteiger partial charge in [-0.1, -0.05) is 91.3 Å². The molecule has 0 unspecified atom stereocenters. The first-order chi connectivity index (χ1) is 20.5. The number of rotatable bonds is 11. The van der Waals surface area contributed by atoms with Crippen LogP contribution < -0.4 is 9.62 Å². The fourth-order valence-corrected chi connectivity index (χ4v) is 7.51. The van der Waals surface area contributed by atoms with Gasteiger partial charge in [0.05, 0.1) is 10.6 Å². The number of carbonyl (C=O) groups excluding carboxylic acids is 2. The van der Waals surface area contributed by atoms with Crippen LogP contribution in [0.4, 0.5) is 5.69 Å². The minimum absolute atomic E-state index is 0.0431. The van der Waals surface area contributed by atoms with E-state index < -0.39 is 28.5 Å². The minimum atomic E-state index is -4.15. The van der Waals surface area contributed by atoms with Crippen LogP contribution >= 0.6 is 23.2 Å². The van der Waals surface area contributed by atoms with Crippen LogP contribution in [0.1, 0.15) is 62.1 Å². The van der Waals surface area contributed by atoms with Crippen molar-refractivity contribution >= 4 is 50.7 Å². The summed E-state index contributed by atoms with van der Waals surface area (Å²) < 4.78 is 29.3. The molecule has 1 aliphatic rings. The van der Waals surface area contributed by atoms with Crippen LogP contribution in [0.5, 0.6) is 0 Å². The van der Waals surface area contributed by atoms with Crippen LogP contribution in [0.25, 0.3) is 0 Å². The molecule has 0 aliphatic heterocycles. The number of sulfonamides is 1. The molecule has 0 saturated heterocycles. The molecule has 0 spiro atoms. The topological polar surface area (TPSA) is 86.8 Å². The number of nitrogens with one attached hydrogen (secondary N) is 1. The number of halogens is 2. The number of hydrogen-bond acceptors (Lipinski definition) is 4. The van der Waals surface area contributed by atoms with Crippen molar-refractivity contribution in [1.29, 1.82) is 0 Å². The average Bonchev–Trinajstić information content (AvgIpc) is 2.98. The first-order valence-corrected chi connectivity index (χ1v) is 16.9. The predicted octanol–water partition coefficient (Wildman–Crippen LogP) is 7.06. The van der Waals surface area contributed by atoms with E-state index in [1.807, 2.05) is 19.9 Å². The van der Waals surface area contributed by atoms with Crippen molar-refractivity contribution in [2.24, 2.45) is 0 Å². The zero-order valence-electron chi connectivity index (χ0n) is 24.9. The van der Waals surface area contributed by atoms with Crippen molar-refractivity contribution in [3.63, 3.8) is 0 Å². The summed E-state index contributed by atoms with van der Waals surface area (Å²) >= 11 is 13.0. The van der Waals surface area contributed by atoms with Crippen LogP contribution in [0.2, 0.25) is 10.0 Å². The largest absolute Gasteiger partial charge is 0.352 e. The number of hydrogen-bond donors (Lipinski definition) is 1. The van der Waals surface area contributed by atoms with Gasteiger partial charge in [-0.15, -0.1) is 0 Å². The van der Waals surface area contributed by atoms with E-state index in [9.17, 15) is 18.0 Å². The maximum atomic E-state index is 14.3. The highest BCUT2D eigenvalue weighted by Gasteiger charge is 2.35. The van der Waals surface area contributed by atoms with Crippen molar-refractivity contribution < 1.29 is 18.0 Å². The van der Waals surface area contributed by atoms with E-state index in [0.29, 0.717) is 33.3 Å². The summed E-state index contributed by atoms with van der Waals surface area (Å²) in [5, 5.41) is 3.86. The lowest BCUT2D eigenvalue weighted by Crippen LogP contribution is -2.54. The number of nitrogens with zero attached hydrogens (tertiary/aromatic N) is 2. The normalized spacial score (nSPS) is 14.6. The lowest BCUT2D eigenvalue weighted by Gasteiger charge is -2.35. The molecule has 1 N–H and O–H groups in total. The summed E-state index contributed by atoms with van der Waals surface area (Å²) in [5.74, 6) is -0.810. The van der Waals surface area contributed by atoms with Gasteiger partial charge in [0, 0.05) is 28.2 Å². The molecule has 10 heteroatoms. The van der Waals surface area contributed by atoms with Crippen molar-refractivity contribution in [3.05, 3.63) is 93.5 Å². The van der Waals surface area contributed by atoms with Crippen molar-refractivity contribution in [2.75, 3.05) is 10.8 Å². The molecule has 4 rings (SSSR count). The average molecular weight is 645 g/mol. The van der Waals surface area contributed by atoms with Gasteiger partial charge < -0.3 is 10.2 Å². The van der Waals surface area contributed by atoms with Crippen LogP contribution in [0.15, 0.2) is 71.6 Å². The second-order valence-electron chi connectivity index (χ2n) is 11.1. The highest BCUT2D eigenvalue weighted by atomic mass is 35.5. The molecule has 0 aromatic heterocycles. The quantitative estimate of drug-likeness (QED) is 0.242. The number of para-hydroxylation sites is 1. The maximum Gasteiger partial charge on any atom is 0.264 e. The van der Waals surface area contributed by atoms with Crippen LogP contribution in [-0.2, 0) is 26.2 Å². The van der Waals surface area contributed by atoms with Gasteiger partial charge in [0.25, 0.3) is 10.0 Å². The van der Waals surface area contributed by atoms with Gasteiger partial charge in [0.1, 0.15) is 12.6 Å². The molecular weight excluding hydrogens is 605 g/mol. The second-order valence-corrected chi connectivity index (χ2v) is 13.8. The molecule has 3 aromatic rings. The monoisotopic (exact) mass is 643 g/mol. The third kappa shape index (κ3) is 7.91. The lowest BCUT2D eigenvalue weighted by atomic mass is 9.95. The molecule has 43 heavy (non-hydrogen) atoms. The Bertz CT molecular complexity index is 1520. The summed E-state index contributed by atoms with van der Waals surface area (Å²) in [5.41, 5.74) is 2.47. The molecule has 0 heterocycles. The fourth-order valence-electron chi connectivity index (χ4n) is 5.51. The smallest absolute Gasteiger partial charge is 0.264 e. The minimum Gasteiger partial charge on any atom is -0.352 e. The van der Waals surface area contributed by atoms with E-state index in [1.165, 1.54) is 17.0 Å². The van der Waals surface area contributed by atoms with Gasteiger partial charge in [-0.05, 0) is 69.0 Å². The highest BCUT2D eigenvalue weighted by Crippen LogP contribution is 2.30. The van der Waals surface area contributed by atoms with Crippen LogP contribution in [-0.4, -0.2) is 43.8 Å². The number of carbonyl (C=O) groups is 2. The van der Waals surface area contributed by atoms with Gasteiger partial charge in [0.2, 0.25) is 11.8 Å². The lowest BCUT2D eigenvalue weighted by molar-refractivity contribution is -0.140. The zero-order chi connectivity index (χ0) is 31.1. The van der Waals surface area contributed by atoms with E-state index >= 15 is 0 Å². The summed E-state index contributed by atoms with van der Waals surface area (Å²) in [6.07, 6.45) is 5.33. The van der Waals surface area contributed by atoms with Crippen LogP contribution in [0, 0.1) is 13.8 Å². The Morgan fingerprint density at radius 3 is 2.14 bits per heavy atom. The molecule has 3 aromatic carbocycles. The Morgan fingerprint density at radius 2 is 1.53 bits per heavy atom. The van der Waals surface area contributed by atoms with E-state index in [1.54, 1.807) is 55.5 Å². The van der Waals surface area contributed by atoms with Crippen LogP contribution in [0.3, 0.4) is 0 Å². The number of aryl methyl sites for hydroxylation is 2. The molecule has 1 aliphatic carbocycles. The van der Waals surface area contributed by atoms with Crippen molar-refractivity contribution in [1.82, 2.24) is 10.2 Å². The number of anilines is 1. The Hall–Kier alpha value is -3.07. The van der Waals surface area contributed by atoms with Gasteiger partial charge in [-0.2, -0.15) is 0 Å². The van der Waals surface area contributed by atoms with Gasteiger partial charge in [0.15, 0.2) is 0 Å². The molecule has 1 atom stereocenters. The molecule has 0 bridgehead atoms. The van der Waals surface area contributed by atoms with Crippen molar-refractivity contribution in [2.45, 2.75) is 82.8 Å². The maximum absolute atomic E-state index is 14.3. The van der Waals surface area contributed by atoms with Gasteiger partial charge >= 0.3 is 0 Å². The van der Waals surface area contributed by atoms with Gasteiger partial charge in [-0.3, -0.25) is 13.9 Å². The molecule has 230 valence electrons. The molecule has 0 radical (unpaired) electrons. The third-order valence-corrected chi connectivity index (χ3v) is 10.5. The molecule has 2 amide bonds. The third-order valence-electron chi connectivity index (χ3n) is 8.00. The summed E-state index contributed by atoms with van der Waals surface area (Å²) in [6, 6.07) is 17.8. The first-order valence-electron chi connectivity index (χ1n) is 14.7. The Kier molecular flexibility index (Phi) is 11.2. The summed E-state index contributed by atoms with van der Waals surface area (Å²) in [7, 11) is -4.15. The fraction of sp³-hybridized carbons (Fsp3) is 0.394. The Balaban J connectivity index is 1.75. The van der Waals surface area contributed by atoms with E-state index in [0.717, 1.165) is 42.0 Å². The molecule has 1 fully saturated rings. The number of amides is 2. The highest BCUT2D eigenvalue weighted by molar-refractivity contribution is 7.92. The summed E-state index contributed by atoms with van der Waals surface area (Å²) in [4.78, 5) is 29.5. The van der Waals surface area contributed by atoms with E-state index in [2.05, 4.69) is 5.32 Å². The Morgan fingerprint density at radius 1 is 0.907 bits per heavy atom. The number of benzene rings is 3. The predicted molar refractivity (Wildman–Crippen MR) is 173 cm³/mol. The molecule has 1 saturated carbocycles. The first kappa shape index (κ1) is 32.8. The van der Waals surface area contributed by atoms with Gasteiger partial charge in [-0.25, -0.2) is 8.42 Å². The zero-order valence-corrected chi connectivity index (χ0v) is 27.2.